The number of alkyl halides is 3. The summed E-state index contributed by atoms with van der Waals surface area (Å²) in [6.45, 7) is 1.66. The zero-order valence-corrected chi connectivity index (χ0v) is 18.6. The molecule has 0 aliphatic rings. The number of unbranched alkanes of at least 4 members (excludes halogenated alkanes) is 1. The summed E-state index contributed by atoms with van der Waals surface area (Å²) < 4.78 is 68.8. The number of carbonyl (C=O) groups excluding carboxylic acids is 2. The molecule has 178 valence electrons. The van der Waals surface area contributed by atoms with Gasteiger partial charge in [-0.15, -0.1) is 0 Å². The lowest BCUT2D eigenvalue weighted by atomic mass is 9.92. The highest BCUT2D eigenvalue weighted by Crippen LogP contribution is 2.36. The van der Waals surface area contributed by atoms with Crippen LogP contribution in [-0.2, 0) is 20.4 Å². The Bertz CT molecular complexity index is 1060. The molecule has 9 heteroatoms. The summed E-state index contributed by atoms with van der Waals surface area (Å²) in [5, 5.41) is 0. The van der Waals surface area contributed by atoms with Crippen LogP contribution in [0.3, 0.4) is 0 Å². The highest BCUT2D eigenvalue weighted by atomic mass is 19.4. The zero-order valence-electron chi connectivity index (χ0n) is 18.6. The van der Waals surface area contributed by atoms with Crippen molar-refractivity contribution in [3.63, 3.8) is 0 Å². The van der Waals surface area contributed by atoms with Crippen molar-refractivity contribution in [2.75, 3.05) is 21.3 Å². The second-order valence-electron chi connectivity index (χ2n) is 7.18. The molecule has 0 fully saturated rings. The molecule has 0 aliphatic heterocycles. The van der Waals surface area contributed by atoms with Crippen molar-refractivity contribution < 1.29 is 41.4 Å². The van der Waals surface area contributed by atoms with E-state index in [-0.39, 0.29) is 28.9 Å². The number of methoxy groups -OCH3 is 3. The molecule has 0 spiro atoms. The van der Waals surface area contributed by atoms with Gasteiger partial charge in [0, 0.05) is 6.42 Å². The van der Waals surface area contributed by atoms with Gasteiger partial charge in [-0.25, -0.2) is 9.18 Å². The molecule has 0 saturated carbocycles. The molecule has 0 saturated heterocycles. The van der Waals surface area contributed by atoms with Gasteiger partial charge in [-0.1, -0.05) is 6.08 Å². The third-order valence-corrected chi connectivity index (χ3v) is 4.89. The lowest BCUT2D eigenvalue weighted by Crippen LogP contribution is -2.08. The van der Waals surface area contributed by atoms with Crippen LogP contribution in [0, 0.1) is 12.7 Å². The number of aryl methyl sites for hydroxylation is 1. The standard InChI is InChI=1S/C24H24F4O5/c1-14-9-15(12-20(22(14)32-3)23(30)33-4)19(7-5-6-8-21(29)31-2)16-10-17(24(26,27)28)13-18(25)11-16/h7,9-13H,5-6,8H2,1-4H3/b19-7-. The molecule has 0 aliphatic carbocycles. The topological polar surface area (TPSA) is 61.8 Å². The van der Waals surface area contributed by atoms with Gasteiger partial charge >= 0.3 is 18.1 Å². The molecule has 0 N–H and O–H groups in total. The molecule has 5 nitrogen and oxygen atoms in total. The maximum atomic E-state index is 14.2. The SMILES string of the molecule is COC(=O)CCC/C=C(\c1cc(F)cc(C(F)(F)F)c1)c1cc(C)c(OC)c(C(=O)OC)c1. The predicted octanol–water partition coefficient (Wildman–Crippen LogP) is 5.72. The first-order valence-electron chi connectivity index (χ1n) is 9.94. The number of allylic oxidation sites excluding steroid dienone is 1. The maximum Gasteiger partial charge on any atom is 0.416 e. The summed E-state index contributed by atoms with van der Waals surface area (Å²) in [7, 11) is 3.82. The van der Waals surface area contributed by atoms with Gasteiger partial charge in [0.2, 0.25) is 0 Å². The number of esters is 2. The van der Waals surface area contributed by atoms with E-state index in [9.17, 15) is 27.2 Å². The van der Waals surface area contributed by atoms with Crippen LogP contribution in [0.4, 0.5) is 17.6 Å². The van der Waals surface area contributed by atoms with Crippen LogP contribution < -0.4 is 4.74 Å². The van der Waals surface area contributed by atoms with Crippen molar-refractivity contribution >= 4 is 17.5 Å². The van der Waals surface area contributed by atoms with Gasteiger partial charge in [-0.05, 0) is 72.4 Å². The number of ether oxygens (including phenoxy) is 3. The summed E-state index contributed by atoms with van der Waals surface area (Å²) >= 11 is 0. The molecule has 0 amide bonds. The molecule has 0 heterocycles. The quantitative estimate of drug-likeness (QED) is 0.282. The van der Waals surface area contributed by atoms with E-state index in [1.807, 2.05) is 0 Å². The van der Waals surface area contributed by atoms with Crippen LogP contribution in [0.1, 0.15) is 51.9 Å². The van der Waals surface area contributed by atoms with Gasteiger partial charge in [0.15, 0.2) is 0 Å². The number of hydrogen-bond acceptors (Lipinski definition) is 5. The first kappa shape index (κ1) is 25.9. The van der Waals surface area contributed by atoms with Gasteiger partial charge in [-0.2, -0.15) is 13.2 Å². The summed E-state index contributed by atoms with van der Waals surface area (Å²) in [5.41, 5.74) is 0.0645. The summed E-state index contributed by atoms with van der Waals surface area (Å²) in [4.78, 5) is 23.7. The van der Waals surface area contributed by atoms with Gasteiger partial charge in [0.25, 0.3) is 0 Å². The summed E-state index contributed by atoms with van der Waals surface area (Å²) in [6, 6.07) is 5.28. The highest BCUT2D eigenvalue weighted by Gasteiger charge is 2.32. The maximum absolute atomic E-state index is 14.2. The summed E-state index contributed by atoms with van der Waals surface area (Å²) in [6.07, 6.45) is -2.40. The van der Waals surface area contributed by atoms with Crippen LogP contribution in [0.25, 0.3) is 5.57 Å². The molecule has 2 rings (SSSR count). The van der Waals surface area contributed by atoms with Crippen molar-refractivity contribution in [1.29, 1.82) is 0 Å². The molecular formula is C24H24F4O5. The number of rotatable bonds is 8. The Morgan fingerprint density at radius 2 is 1.64 bits per heavy atom. The van der Waals surface area contributed by atoms with Crippen molar-refractivity contribution in [1.82, 2.24) is 0 Å². The van der Waals surface area contributed by atoms with Gasteiger partial charge in [0.1, 0.15) is 17.1 Å². The van der Waals surface area contributed by atoms with E-state index in [1.165, 1.54) is 27.4 Å². The fraction of sp³-hybridized carbons (Fsp3) is 0.333. The van der Waals surface area contributed by atoms with E-state index in [1.54, 1.807) is 19.1 Å². The number of carbonyl (C=O) groups is 2. The van der Waals surface area contributed by atoms with E-state index in [4.69, 9.17) is 9.47 Å². The van der Waals surface area contributed by atoms with Crippen molar-refractivity contribution in [3.8, 4) is 5.75 Å². The van der Waals surface area contributed by atoms with Crippen LogP contribution >= 0.6 is 0 Å². The fourth-order valence-corrected chi connectivity index (χ4v) is 3.37. The first-order chi connectivity index (χ1) is 15.5. The second-order valence-corrected chi connectivity index (χ2v) is 7.18. The number of benzene rings is 2. The van der Waals surface area contributed by atoms with Crippen molar-refractivity contribution in [3.05, 3.63) is 70.0 Å². The Morgan fingerprint density at radius 3 is 2.21 bits per heavy atom. The molecule has 0 bridgehead atoms. The van der Waals surface area contributed by atoms with Crippen LogP contribution in [0.2, 0.25) is 0 Å². The lowest BCUT2D eigenvalue weighted by Gasteiger charge is -2.17. The molecular weight excluding hydrogens is 444 g/mol. The lowest BCUT2D eigenvalue weighted by molar-refractivity contribution is -0.140. The Kier molecular flexibility index (Phi) is 8.62. The van der Waals surface area contributed by atoms with Crippen molar-refractivity contribution in [2.45, 2.75) is 32.4 Å². The molecule has 0 unspecified atom stereocenters. The van der Waals surface area contributed by atoms with Gasteiger partial charge in [0.05, 0.1) is 26.9 Å². The summed E-state index contributed by atoms with van der Waals surface area (Å²) in [5.74, 6) is -1.93. The van der Waals surface area contributed by atoms with E-state index in [2.05, 4.69) is 4.74 Å². The largest absolute Gasteiger partial charge is 0.496 e. The molecule has 33 heavy (non-hydrogen) atoms. The smallest absolute Gasteiger partial charge is 0.416 e. The molecule has 2 aromatic carbocycles. The second kappa shape index (κ2) is 11.0. The van der Waals surface area contributed by atoms with Gasteiger partial charge in [-0.3, -0.25) is 4.79 Å². The minimum absolute atomic E-state index is 0.0271. The first-order valence-corrected chi connectivity index (χ1v) is 9.94. The van der Waals surface area contributed by atoms with Crippen LogP contribution in [-0.4, -0.2) is 33.3 Å². The third-order valence-electron chi connectivity index (χ3n) is 4.89. The third kappa shape index (κ3) is 6.57. The number of hydrogen-bond donors (Lipinski definition) is 0. The Balaban J connectivity index is 2.67. The Hall–Kier alpha value is -3.36. The van der Waals surface area contributed by atoms with Crippen LogP contribution in [0.5, 0.6) is 5.75 Å². The highest BCUT2D eigenvalue weighted by molar-refractivity contribution is 5.95. The van der Waals surface area contributed by atoms with Crippen molar-refractivity contribution in [2.24, 2.45) is 0 Å². The van der Waals surface area contributed by atoms with E-state index in [0.29, 0.717) is 30.0 Å². The van der Waals surface area contributed by atoms with Gasteiger partial charge < -0.3 is 14.2 Å². The monoisotopic (exact) mass is 468 g/mol. The molecule has 0 aromatic heterocycles. The molecule has 0 atom stereocenters. The van der Waals surface area contributed by atoms with E-state index in [0.717, 1.165) is 12.1 Å². The Morgan fingerprint density at radius 1 is 0.970 bits per heavy atom. The molecule has 0 radical (unpaired) electrons. The number of halogens is 4. The Labute approximate surface area is 189 Å². The normalized spacial score (nSPS) is 11.8. The van der Waals surface area contributed by atoms with Crippen LogP contribution in [0.15, 0.2) is 36.4 Å². The van der Waals surface area contributed by atoms with E-state index >= 15 is 0 Å². The zero-order chi connectivity index (χ0) is 24.8. The predicted molar refractivity (Wildman–Crippen MR) is 113 cm³/mol. The average Bonchev–Trinajstić information content (AvgIpc) is 2.76. The minimum Gasteiger partial charge on any atom is -0.496 e. The average molecular weight is 468 g/mol. The molecule has 2 aromatic rings. The fourth-order valence-electron chi connectivity index (χ4n) is 3.37. The van der Waals surface area contributed by atoms with E-state index < -0.39 is 29.5 Å². The minimum atomic E-state index is -4.75.